The zero-order chi connectivity index (χ0) is 10.4. The van der Waals surface area contributed by atoms with Crippen LogP contribution in [0.2, 0.25) is 0 Å². The van der Waals surface area contributed by atoms with Crippen molar-refractivity contribution in [1.82, 2.24) is 0 Å². The topological polar surface area (TPSA) is 43.4 Å². The van der Waals surface area contributed by atoms with Crippen LogP contribution in [-0.4, -0.2) is 11.9 Å². The highest BCUT2D eigenvalue weighted by molar-refractivity contribution is 6.08. The summed E-state index contributed by atoms with van der Waals surface area (Å²) in [7, 11) is 0. The minimum absolute atomic E-state index is 0.113. The molecule has 0 aromatic carbocycles. The molecule has 3 heteroatoms. The minimum atomic E-state index is -0.508. The Labute approximate surface area is 86.4 Å². The summed E-state index contributed by atoms with van der Waals surface area (Å²) in [6, 6.07) is 0. The summed E-state index contributed by atoms with van der Waals surface area (Å²) in [5.74, 6) is -1.03. The first-order valence-electron chi connectivity index (χ1n) is 4.80. The quantitative estimate of drug-likeness (QED) is 0.437. The van der Waals surface area contributed by atoms with E-state index in [2.05, 4.69) is 4.74 Å². The molecule has 0 saturated carbocycles. The highest BCUT2D eigenvalue weighted by Gasteiger charge is 2.41. The number of ether oxygens (including phenoxy) is 1. The van der Waals surface area contributed by atoms with Gasteiger partial charge in [0.25, 0.3) is 0 Å². The predicted molar refractivity (Wildman–Crippen MR) is 52.5 cm³/mol. The van der Waals surface area contributed by atoms with E-state index < -0.39 is 11.9 Å². The highest BCUT2D eigenvalue weighted by atomic mass is 16.6. The monoisotopic (exact) mass is 200 g/mol. The number of allylic oxidation sites excluding steroid dienone is 6. The summed E-state index contributed by atoms with van der Waals surface area (Å²) in [6.45, 7) is 0. The molecule has 0 radical (unpaired) electrons. The van der Waals surface area contributed by atoms with E-state index in [-0.39, 0.29) is 11.8 Å². The van der Waals surface area contributed by atoms with Gasteiger partial charge in [0.05, 0.1) is 0 Å². The van der Waals surface area contributed by atoms with Crippen LogP contribution in [0.25, 0.3) is 0 Å². The lowest BCUT2D eigenvalue weighted by molar-refractivity contribution is -0.157. The summed E-state index contributed by atoms with van der Waals surface area (Å²) in [5, 5.41) is 0. The molecule has 3 aliphatic rings. The molecule has 0 amide bonds. The molecule has 0 atom stereocenters. The average Bonchev–Trinajstić information content (AvgIpc) is 2.25. The summed E-state index contributed by atoms with van der Waals surface area (Å²) >= 11 is 0. The first-order valence-corrected chi connectivity index (χ1v) is 4.80. The molecule has 3 nitrogen and oxygen atoms in total. The van der Waals surface area contributed by atoms with Crippen molar-refractivity contribution < 1.29 is 14.3 Å². The third kappa shape index (κ3) is 1.06. The van der Waals surface area contributed by atoms with Crippen LogP contribution in [-0.2, 0) is 14.3 Å². The van der Waals surface area contributed by atoms with Gasteiger partial charge in [-0.3, -0.25) is 0 Å². The number of carbonyl (C=O) groups excluding carboxylic acids is 2. The van der Waals surface area contributed by atoms with Gasteiger partial charge >= 0.3 is 11.9 Å². The lowest BCUT2D eigenvalue weighted by Gasteiger charge is -2.32. The molecule has 1 saturated heterocycles. The molecule has 0 N–H and O–H groups in total. The van der Waals surface area contributed by atoms with Crippen molar-refractivity contribution in [3.05, 3.63) is 47.6 Å². The van der Waals surface area contributed by atoms with E-state index in [1.807, 2.05) is 24.3 Å². The van der Waals surface area contributed by atoms with Gasteiger partial charge in [0, 0.05) is 23.0 Å². The lowest BCUT2D eigenvalue weighted by Crippen LogP contribution is -2.36. The molecule has 3 rings (SSSR count). The molecular weight excluding hydrogens is 192 g/mol. The molecule has 0 aromatic rings. The number of cyclic esters (lactones) is 2. The average molecular weight is 200 g/mol. The minimum Gasteiger partial charge on any atom is -0.386 e. The van der Waals surface area contributed by atoms with E-state index in [0.717, 1.165) is 0 Å². The predicted octanol–water partition coefficient (Wildman–Crippen LogP) is 1.29. The van der Waals surface area contributed by atoms with Crippen LogP contribution in [0.5, 0.6) is 0 Å². The number of hydrogen-bond donors (Lipinski definition) is 0. The van der Waals surface area contributed by atoms with Crippen molar-refractivity contribution >= 4 is 11.9 Å². The van der Waals surface area contributed by atoms with E-state index in [9.17, 15) is 9.59 Å². The second-order valence-corrected chi connectivity index (χ2v) is 3.75. The maximum Gasteiger partial charge on any atom is 0.342 e. The molecule has 0 aromatic heterocycles. The van der Waals surface area contributed by atoms with Gasteiger partial charge in [0.2, 0.25) is 0 Å². The standard InChI is InChI=1S/C12H8O3/c13-11-8-5-1-3-7-4-2-6-9(10(7)8)12(14)15-11/h1-7,10H. The van der Waals surface area contributed by atoms with Crippen LogP contribution in [0.3, 0.4) is 0 Å². The normalized spacial score (nSPS) is 31.7. The number of esters is 2. The van der Waals surface area contributed by atoms with Crippen molar-refractivity contribution in [3.8, 4) is 0 Å². The summed E-state index contributed by atoms with van der Waals surface area (Å²) < 4.78 is 4.66. The Bertz CT molecular complexity index is 435. The Balaban J connectivity index is 2.17. The summed E-state index contributed by atoms with van der Waals surface area (Å²) in [5.41, 5.74) is 1.16. The zero-order valence-electron chi connectivity index (χ0n) is 7.84. The maximum atomic E-state index is 11.5. The summed E-state index contributed by atoms with van der Waals surface area (Å²) in [4.78, 5) is 22.9. The van der Waals surface area contributed by atoms with Gasteiger partial charge in [0.1, 0.15) is 0 Å². The Kier molecular flexibility index (Phi) is 1.57. The third-order valence-electron chi connectivity index (χ3n) is 2.93. The molecule has 0 bridgehead atoms. The van der Waals surface area contributed by atoms with Gasteiger partial charge in [0.15, 0.2) is 0 Å². The van der Waals surface area contributed by atoms with Gasteiger partial charge in [-0.2, -0.15) is 0 Å². The van der Waals surface area contributed by atoms with E-state index in [1.165, 1.54) is 0 Å². The van der Waals surface area contributed by atoms with Gasteiger partial charge in [-0.15, -0.1) is 0 Å². The molecule has 1 fully saturated rings. The van der Waals surface area contributed by atoms with Gasteiger partial charge in [-0.05, 0) is 0 Å². The van der Waals surface area contributed by atoms with E-state index in [1.54, 1.807) is 12.2 Å². The smallest absolute Gasteiger partial charge is 0.342 e. The third-order valence-corrected chi connectivity index (χ3v) is 2.93. The number of rotatable bonds is 0. The Morgan fingerprint density at radius 3 is 2.00 bits per heavy atom. The molecule has 0 spiro atoms. The Hall–Kier alpha value is -1.90. The Morgan fingerprint density at radius 2 is 1.47 bits per heavy atom. The lowest BCUT2D eigenvalue weighted by atomic mass is 9.73. The highest BCUT2D eigenvalue weighted by Crippen LogP contribution is 2.39. The zero-order valence-corrected chi connectivity index (χ0v) is 7.84. The molecular formula is C12H8O3. The molecule has 1 heterocycles. The van der Waals surface area contributed by atoms with Crippen LogP contribution in [0.1, 0.15) is 0 Å². The van der Waals surface area contributed by atoms with Gasteiger partial charge in [-0.1, -0.05) is 36.5 Å². The molecule has 1 aliphatic heterocycles. The first-order chi connectivity index (χ1) is 7.27. The van der Waals surface area contributed by atoms with Crippen molar-refractivity contribution in [3.63, 3.8) is 0 Å². The van der Waals surface area contributed by atoms with Crippen molar-refractivity contribution in [2.75, 3.05) is 0 Å². The van der Waals surface area contributed by atoms with Crippen molar-refractivity contribution in [2.24, 2.45) is 11.8 Å². The van der Waals surface area contributed by atoms with Crippen molar-refractivity contribution in [2.45, 2.75) is 0 Å². The molecule has 15 heavy (non-hydrogen) atoms. The summed E-state index contributed by atoms with van der Waals surface area (Å²) in [6.07, 6.45) is 11.1. The van der Waals surface area contributed by atoms with E-state index in [4.69, 9.17) is 0 Å². The second-order valence-electron chi connectivity index (χ2n) is 3.75. The van der Waals surface area contributed by atoms with E-state index >= 15 is 0 Å². The van der Waals surface area contributed by atoms with Crippen LogP contribution >= 0.6 is 0 Å². The van der Waals surface area contributed by atoms with Gasteiger partial charge < -0.3 is 4.74 Å². The number of carbonyl (C=O) groups is 2. The molecule has 0 unspecified atom stereocenters. The SMILES string of the molecule is O=C1OC(=O)C2=CC=CC3C=CC=C1C23. The van der Waals surface area contributed by atoms with Crippen LogP contribution < -0.4 is 0 Å². The fourth-order valence-corrected chi connectivity index (χ4v) is 2.24. The fraction of sp³-hybridized carbons (Fsp3) is 0.167. The van der Waals surface area contributed by atoms with Crippen LogP contribution in [0, 0.1) is 11.8 Å². The first kappa shape index (κ1) is 8.41. The largest absolute Gasteiger partial charge is 0.386 e. The Morgan fingerprint density at radius 1 is 0.933 bits per heavy atom. The molecule has 74 valence electrons. The fourth-order valence-electron chi connectivity index (χ4n) is 2.24. The molecule has 2 aliphatic carbocycles. The van der Waals surface area contributed by atoms with E-state index in [0.29, 0.717) is 11.1 Å². The van der Waals surface area contributed by atoms with Crippen molar-refractivity contribution in [1.29, 1.82) is 0 Å². The van der Waals surface area contributed by atoms with Gasteiger partial charge in [-0.25, -0.2) is 9.59 Å². The maximum absolute atomic E-state index is 11.5. The number of hydrogen-bond acceptors (Lipinski definition) is 3. The van der Waals surface area contributed by atoms with Crippen LogP contribution in [0.15, 0.2) is 47.6 Å². The van der Waals surface area contributed by atoms with Crippen LogP contribution in [0.4, 0.5) is 0 Å². The second kappa shape index (κ2) is 2.79.